The number of methoxy groups -OCH3 is 3. The van der Waals surface area contributed by atoms with Gasteiger partial charge in [0.1, 0.15) is 0 Å². The van der Waals surface area contributed by atoms with E-state index in [1.807, 2.05) is 43.3 Å². The van der Waals surface area contributed by atoms with Crippen LogP contribution in [-0.2, 0) is 4.79 Å². The molecule has 0 aromatic heterocycles. The molecule has 1 N–H and O–H groups in total. The van der Waals surface area contributed by atoms with Crippen LogP contribution in [0.4, 0.5) is 0 Å². The Balaban J connectivity index is 1.66. The summed E-state index contributed by atoms with van der Waals surface area (Å²) in [6.07, 6.45) is 2.33. The Morgan fingerprint density at radius 1 is 1.00 bits per heavy atom. The maximum atomic E-state index is 13.4. The number of ether oxygens (including phenoxy) is 3. The second kappa shape index (κ2) is 9.73. The van der Waals surface area contributed by atoms with Crippen molar-refractivity contribution in [2.75, 3.05) is 41.0 Å². The molecule has 0 radical (unpaired) electrons. The standard InChI is InChI=1S/C26H32N2O5/c1-16-7-5-6-8-19(16)26(30)28-14-20(21(15-28)25(29)27-13-17-9-10-17)18-11-22(31-2)24(33-4)23(12-18)32-3/h5-8,11-12,17,20-21H,9-10,13-15H2,1-4H3,(H,27,29). The van der Waals surface area contributed by atoms with Gasteiger partial charge >= 0.3 is 0 Å². The molecule has 0 spiro atoms. The summed E-state index contributed by atoms with van der Waals surface area (Å²) in [5, 5.41) is 3.11. The smallest absolute Gasteiger partial charge is 0.254 e. The molecule has 1 aliphatic carbocycles. The van der Waals surface area contributed by atoms with E-state index in [1.54, 1.807) is 26.2 Å². The van der Waals surface area contributed by atoms with Crippen LogP contribution in [0.1, 0.15) is 40.2 Å². The minimum atomic E-state index is -0.362. The molecule has 2 aromatic carbocycles. The number of rotatable bonds is 8. The quantitative estimate of drug-likeness (QED) is 0.664. The van der Waals surface area contributed by atoms with E-state index in [4.69, 9.17) is 14.2 Å². The number of likely N-dealkylation sites (tertiary alicyclic amines) is 1. The zero-order valence-corrected chi connectivity index (χ0v) is 19.7. The predicted molar refractivity (Wildman–Crippen MR) is 125 cm³/mol. The van der Waals surface area contributed by atoms with Crippen LogP contribution in [0, 0.1) is 18.8 Å². The lowest BCUT2D eigenvalue weighted by molar-refractivity contribution is -0.125. The zero-order valence-electron chi connectivity index (χ0n) is 19.7. The van der Waals surface area contributed by atoms with Crippen LogP contribution in [0.25, 0.3) is 0 Å². The lowest BCUT2D eigenvalue weighted by Gasteiger charge is -2.21. The van der Waals surface area contributed by atoms with Crippen LogP contribution in [0.2, 0.25) is 0 Å². The summed E-state index contributed by atoms with van der Waals surface area (Å²) in [4.78, 5) is 28.4. The summed E-state index contributed by atoms with van der Waals surface area (Å²) in [7, 11) is 4.71. The molecule has 1 aliphatic heterocycles. The maximum Gasteiger partial charge on any atom is 0.254 e. The van der Waals surface area contributed by atoms with Gasteiger partial charge in [-0.25, -0.2) is 0 Å². The van der Waals surface area contributed by atoms with Gasteiger partial charge in [0.25, 0.3) is 5.91 Å². The number of nitrogens with one attached hydrogen (secondary N) is 1. The molecule has 2 unspecified atom stereocenters. The predicted octanol–water partition coefficient (Wildman–Crippen LogP) is 3.40. The van der Waals surface area contributed by atoms with Gasteiger partial charge in [-0.15, -0.1) is 0 Å². The second-order valence-corrected chi connectivity index (χ2v) is 8.89. The Hall–Kier alpha value is -3.22. The molecule has 0 bridgehead atoms. The Labute approximate surface area is 195 Å². The number of carbonyl (C=O) groups excluding carboxylic acids is 2. The minimum absolute atomic E-state index is 0.0132. The summed E-state index contributed by atoms with van der Waals surface area (Å²) in [5.74, 6) is 1.54. The Morgan fingerprint density at radius 3 is 2.24 bits per heavy atom. The first-order chi connectivity index (χ1) is 16.0. The van der Waals surface area contributed by atoms with Crippen LogP contribution in [0.3, 0.4) is 0 Å². The molecule has 7 nitrogen and oxygen atoms in total. The molecular formula is C26H32N2O5. The Kier molecular flexibility index (Phi) is 6.77. The fourth-order valence-corrected chi connectivity index (χ4v) is 4.57. The van der Waals surface area contributed by atoms with E-state index >= 15 is 0 Å². The van der Waals surface area contributed by atoms with Crippen molar-refractivity contribution in [2.45, 2.75) is 25.7 Å². The zero-order chi connectivity index (χ0) is 23.5. The number of benzene rings is 2. The number of hydrogen-bond acceptors (Lipinski definition) is 5. The van der Waals surface area contributed by atoms with Crippen molar-refractivity contribution in [1.82, 2.24) is 10.2 Å². The molecule has 33 heavy (non-hydrogen) atoms. The second-order valence-electron chi connectivity index (χ2n) is 8.89. The fourth-order valence-electron chi connectivity index (χ4n) is 4.57. The van der Waals surface area contributed by atoms with Crippen molar-refractivity contribution in [3.8, 4) is 17.2 Å². The van der Waals surface area contributed by atoms with Gasteiger partial charge in [-0.3, -0.25) is 9.59 Å². The maximum absolute atomic E-state index is 13.4. The van der Waals surface area contributed by atoms with Crippen molar-refractivity contribution >= 4 is 11.8 Å². The summed E-state index contributed by atoms with van der Waals surface area (Å²) >= 11 is 0. The first-order valence-electron chi connectivity index (χ1n) is 11.4. The number of hydrogen-bond donors (Lipinski definition) is 1. The van der Waals surface area contributed by atoms with Gasteiger partial charge in [-0.1, -0.05) is 18.2 Å². The monoisotopic (exact) mass is 452 g/mol. The van der Waals surface area contributed by atoms with Crippen LogP contribution in [0.15, 0.2) is 36.4 Å². The van der Waals surface area contributed by atoms with E-state index in [1.165, 1.54) is 12.8 Å². The fraction of sp³-hybridized carbons (Fsp3) is 0.462. The van der Waals surface area contributed by atoms with Gasteiger partial charge in [0.15, 0.2) is 11.5 Å². The molecule has 2 aliphatic rings. The largest absolute Gasteiger partial charge is 0.493 e. The molecule has 1 heterocycles. The number of amides is 2. The first kappa shape index (κ1) is 23.0. The SMILES string of the molecule is COc1cc(C2CN(C(=O)c3ccccc3C)CC2C(=O)NCC2CC2)cc(OC)c1OC. The van der Waals surface area contributed by atoms with Gasteiger partial charge < -0.3 is 24.4 Å². The summed E-state index contributed by atoms with van der Waals surface area (Å²) in [6, 6.07) is 11.3. The lowest BCUT2D eigenvalue weighted by Crippen LogP contribution is -2.36. The van der Waals surface area contributed by atoms with E-state index in [-0.39, 0.29) is 23.7 Å². The van der Waals surface area contributed by atoms with Gasteiger partial charge in [0.05, 0.1) is 27.2 Å². The van der Waals surface area contributed by atoms with Gasteiger partial charge in [-0.05, 0) is 55.0 Å². The molecule has 1 saturated carbocycles. The Bertz CT molecular complexity index is 1010. The lowest BCUT2D eigenvalue weighted by atomic mass is 9.88. The molecule has 176 valence electrons. The van der Waals surface area contributed by atoms with Crippen molar-refractivity contribution in [2.24, 2.45) is 11.8 Å². The molecule has 7 heteroatoms. The van der Waals surface area contributed by atoms with Crippen molar-refractivity contribution in [3.63, 3.8) is 0 Å². The van der Waals surface area contributed by atoms with Gasteiger partial charge in [0, 0.05) is 31.1 Å². The summed E-state index contributed by atoms with van der Waals surface area (Å²) < 4.78 is 16.5. The number of carbonyl (C=O) groups is 2. The van der Waals surface area contributed by atoms with Gasteiger partial charge in [0.2, 0.25) is 11.7 Å². The summed E-state index contributed by atoms with van der Waals surface area (Å²) in [5.41, 5.74) is 2.48. The average molecular weight is 453 g/mol. The van der Waals surface area contributed by atoms with E-state index in [0.717, 1.165) is 11.1 Å². The van der Waals surface area contributed by atoms with Crippen LogP contribution < -0.4 is 19.5 Å². The molecule has 2 fully saturated rings. The van der Waals surface area contributed by atoms with Gasteiger partial charge in [-0.2, -0.15) is 0 Å². The molecular weight excluding hydrogens is 420 g/mol. The van der Waals surface area contributed by atoms with Crippen LogP contribution in [0.5, 0.6) is 17.2 Å². The summed E-state index contributed by atoms with van der Waals surface area (Å²) in [6.45, 7) is 3.43. The third-order valence-electron chi connectivity index (χ3n) is 6.70. The average Bonchev–Trinajstić information content (AvgIpc) is 3.56. The third kappa shape index (κ3) is 4.77. The molecule has 2 atom stereocenters. The van der Waals surface area contributed by atoms with Crippen molar-refractivity contribution in [1.29, 1.82) is 0 Å². The highest BCUT2D eigenvalue weighted by Gasteiger charge is 2.41. The minimum Gasteiger partial charge on any atom is -0.493 e. The molecule has 1 saturated heterocycles. The molecule has 2 amide bonds. The number of nitrogens with zero attached hydrogens (tertiary/aromatic N) is 1. The third-order valence-corrected chi connectivity index (χ3v) is 6.70. The van der Waals surface area contributed by atoms with E-state index in [9.17, 15) is 9.59 Å². The highest BCUT2D eigenvalue weighted by atomic mass is 16.5. The van der Waals surface area contributed by atoms with Crippen LogP contribution >= 0.6 is 0 Å². The number of aryl methyl sites for hydroxylation is 1. The highest BCUT2D eigenvalue weighted by molar-refractivity contribution is 5.96. The highest BCUT2D eigenvalue weighted by Crippen LogP contribution is 2.43. The molecule has 4 rings (SSSR count). The van der Waals surface area contributed by atoms with Crippen molar-refractivity contribution < 1.29 is 23.8 Å². The van der Waals surface area contributed by atoms with E-state index in [0.29, 0.717) is 48.4 Å². The Morgan fingerprint density at radius 2 is 1.67 bits per heavy atom. The first-order valence-corrected chi connectivity index (χ1v) is 11.4. The van der Waals surface area contributed by atoms with Crippen LogP contribution in [-0.4, -0.2) is 57.7 Å². The van der Waals surface area contributed by atoms with E-state index in [2.05, 4.69) is 5.32 Å². The normalized spacial score (nSPS) is 19.8. The van der Waals surface area contributed by atoms with Crippen molar-refractivity contribution in [3.05, 3.63) is 53.1 Å². The molecule has 2 aromatic rings. The van der Waals surface area contributed by atoms with E-state index < -0.39 is 0 Å². The topological polar surface area (TPSA) is 77.1 Å².